The highest BCUT2D eigenvalue weighted by Gasteiger charge is 2.25. The molecule has 0 saturated carbocycles. The lowest BCUT2D eigenvalue weighted by Crippen LogP contribution is -2.46. The Labute approximate surface area is 126 Å². The molecule has 2 rings (SSSR count). The maximum atomic E-state index is 12.0. The number of hydrogen-bond donors (Lipinski definition) is 1. The first-order valence-corrected chi connectivity index (χ1v) is 7.82. The topological polar surface area (TPSA) is 58.6 Å². The van der Waals surface area contributed by atoms with Gasteiger partial charge in [0.15, 0.2) is 0 Å². The van der Waals surface area contributed by atoms with Gasteiger partial charge in [-0.25, -0.2) is 4.79 Å². The number of halogens is 1. The molecule has 1 saturated heterocycles. The van der Waals surface area contributed by atoms with Crippen LogP contribution in [0.15, 0.2) is 11.4 Å². The van der Waals surface area contributed by atoms with Crippen LogP contribution in [0.5, 0.6) is 0 Å². The number of likely N-dealkylation sites (tertiary alicyclic amines) is 1. The number of rotatable bonds is 3. The number of piperidine rings is 1. The third-order valence-corrected chi connectivity index (χ3v) is 4.42. The summed E-state index contributed by atoms with van der Waals surface area (Å²) in [5.41, 5.74) is 0. The molecule has 0 atom stereocenters. The van der Waals surface area contributed by atoms with Crippen LogP contribution in [-0.2, 0) is 4.74 Å². The number of ether oxygens (including phenoxy) is 1. The van der Waals surface area contributed by atoms with Gasteiger partial charge < -0.3 is 15.0 Å². The number of carbonyl (C=O) groups excluding carboxylic acids is 2. The molecule has 110 valence electrons. The number of amides is 2. The Morgan fingerprint density at radius 3 is 2.75 bits per heavy atom. The zero-order valence-electron chi connectivity index (χ0n) is 11.2. The number of thiophene rings is 1. The van der Waals surface area contributed by atoms with Gasteiger partial charge in [-0.3, -0.25) is 4.79 Å². The number of nitrogens with zero attached hydrogens (tertiary/aromatic N) is 1. The minimum atomic E-state index is -0.276. The van der Waals surface area contributed by atoms with Gasteiger partial charge in [0, 0.05) is 24.5 Å². The summed E-state index contributed by atoms with van der Waals surface area (Å²) in [5.74, 6) is -0.100. The van der Waals surface area contributed by atoms with Crippen LogP contribution in [0.4, 0.5) is 4.79 Å². The van der Waals surface area contributed by atoms with Crippen LogP contribution in [-0.4, -0.2) is 42.6 Å². The van der Waals surface area contributed by atoms with E-state index in [1.54, 1.807) is 23.3 Å². The average molecular weight is 317 g/mol. The molecule has 2 amide bonds. The van der Waals surface area contributed by atoms with Gasteiger partial charge in [-0.1, -0.05) is 11.6 Å². The van der Waals surface area contributed by atoms with Crippen molar-refractivity contribution in [1.29, 1.82) is 0 Å². The molecule has 1 fully saturated rings. The van der Waals surface area contributed by atoms with Crippen LogP contribution < -0.4 is 5.32 Å². The van der Waals surface area contributed by atoms with Crippen LogP contribution in [0.3, 0.4) is 0 Å². The summed E-state index contributed by atoms with van der Waals surface area (Å²) in [7, 11) is 0. The Hall–Kier alpha value is -1.27. The molecular weight excluding hydrogens is 300 g/mol. The molecule has 1 N–H and O–H groups in total. The van der Waals surface area contributed by atoms with Crippen molar-refractivity contribution >= 4 is 34.9 Å². The lowest BCUT2D eigenvalue weighted by Gasteiger charge is -2.31. The van der Waals surface area contributed by atoms with E-state index < -0.39 is 0 Å². The summed E-state index contributed by atoms with van der Waals surface area (Å²) < 4.78 is 4.96. The summed E-state index contributed by atoms with van der Waals surface area (Å²) in [5, 5.41) is 5.29. The molecule has 0 radical (unpaired) electrons. The number of carbonyl (C=O) groups is 2. The van der Waals surface area contributed by atoms with E-state index in [4.69, 9.17) is 16.3 Å². The quantitative estimate of drug-likeness (QED) is 0.932. The average Bonchev–Trinajstić information content (AvgIpc) is 2.86. The highest BCUT2D eigenvalue weighted by atomic mass is 35.5. The van der Waals surface area contributed by atoms with Gasteiger partial charge in [-0.2, -0.15) is 0 Å². The van der Waals surface area contributed by atoms with Crippen molar-refractivity contribution in [2.75, 3.05) is 19.7 Å². The van der Waals surface area contributed by atoms with E-state index in [2.05, 4.69) is 5.32 Å². The predicted molar refractivity (Wildman–Crippen MR) is 78.4 cm³/mol. The van der Waals surface area contributed by atoms with Crippen molar-refractivity contribution in [3.63, 3.8) is 0 Å². The van der Waals surface area contributed by atoms with Crippen molar-refractivity contribution < 1.29 is 14.3 Å². The van der Waals surface area contributed by atoms with Gasteiger partial charge in [-0.05, 0) is 25.8 Å². The largest absolute Gasteiger partial charge is 0.450 e. The third kappa shape index (κ3) is 3.86. The van der Waals surface area contributed by atoms with Crippen molar-refractivity contribution in [2.45, 2.75) is 25.8 Å². The van der Waals surface area contributed by atoms with Gasteiger partial charge in [0.05, 0.1) is 16.5 Å². The molecule has 0 spiro atoms. The summed E-state index contributed by atoms with van der Waals surface area (Å²) in [6.07, 6.45) is 1.20. The minimum absolute atomic E-state index is 0.0917. The second kappa shape index (κ2) is 6.95. The van der Waals surface area contributed by atoms with Crippen molar-refractivity contribution in [2.24, 2.45) is 0 Å². The third-order valence-electron chi connectivity index (χ3n) is 3.15. The number of hydrogen-bond acceptors (Lipinski definition) is 4. The fourth-order valence-corrected chi connectivity index (χ4v) is 3.09. The van der Waals surface area contributed by atoms with E-state index in [1.807, 2.05) is 0 Å². The molecular formula is C13H17ClN2O3S. The molecule has 0 unspecified atom stereocenters. The van der Waals surface area contributed by atoms with Crippen LogP contribution in [0.25, 0.3) is 0 Å². The molecule has 2 heterocycles. The fourth-order valence-electron chi connectivity index (χ4n) is 2.11. The summed E-state index contributed by atoms with van der Waals surface area (Å²) in [6.45, 7) is 3.38. The Morgan fingerprint density at radius 2 is 2.20 bits per heavy atom. The van der Waals surface area contributed by atoms with Gasteiger partial charge >= 0.3 is 6.09 Å². The molecule has 7 heteroatoms. The zero-order chi connectivity index (χ0) is 14.5. The Morgan fingerprint density at radius 1 is 1.50 bits per heavy atom. The van der Waals surface area contributed by atoms with Crippen molar-refractivity contribution in [3.8, 4) is 0 Å². The normalized spacial score (nSPS) is 16.0. The van der Waals surface area contributed by atoms with E-state index >= 15 is 0 Å². The van der Waals surface area contributed by atoms with E-state index in [9.17, 15) is 9.59 Å². The highest BCUT2D eigenvalue weighted by molar-refractivity contribution is 7.12. The predicted octanol–water partition coefficient (Wildman–Crippen LogP) is 2.75. The molecule has 1 aromatic heterocycles. The maximum Gasteiger partial charge on any atom is 0.409 e. The highest BCUT2D eigenvalue weighted by Crippen LogP contribution is 2.20. The second-order valence-corrected chi connectivity index (χ2v) is 5.91. The second-order valence-electron chi connectivity index (χ2n) is 4.56. The molecule has 0 bridgehead atoms. The molecule has 1 aliphatic rings. The molecule has 5 nitrogen and oxygen atoms in total. The van der Waals surface area contributed by atoms with E-state index in [1.165, 1.54) is 11.3 Å². The SMILES string of the molecule is CCOC(=O)N1CCC(NC(=O)c2cc(Cl)cs2)CC1. The van der Waals surface area contributed by atoms with E-state index in [0.717, 1.165) is 12.8 Å². The lowest BCUT2D eigenvalue weighted by atomic mass is 10.1. The van der Waals surface area contributed by atoms with Crippen LogP contribution in [0, 0.1) is 0 Å². The first-order chi connectivity index (χ1) is 9.60. The van der Waals surface area contributed by atoms with E-state index in [0.29, 0.717) is 29.6 Å². The monoisotopic (exact) mass is 316 g/mol. The standard InChI is InChI=1S/C13H17ClN2O3S/c1-2-19-13(18)16-5-3-10(4-6-16)15-12(17)11-7-9(14)8-20-11/h7-8,10H,2-6H2,1H3,(H,15,17). The van der Waals surface area contributed by atoms with Crippen molar-refractivity contribution in [1.82, 2.24) is 10.2 Å². The van der Waals surface area contributed by atoms with Gasteiger partial charge in [0.2, 0.25) is 0 Å². The Bertz CT molecular complexity index is 484. The summed E-state index contributed by atoms with van der Waals surface area (Å²) in [4.78, 5) is 25.8. The number of nitrogens with one attached hydrogen (secondary N) is 1. The summed E-state index contributed by atoms with van der Waals surface area (Å²) in [6, 6.07) is 1.75. The van der Waals surface area contributed by atoms with Crippen LogP contribution >= 0.6 is 22.9 Å². The first-order valence-electron chi connectivity index (χ1n) is 6.56. The molecule has 0 aliphatic carbocycles. The molecule has 20 heavy (non-hydrogen) atoms. The van der Waals surface area contributed by atoms with Crippen molar-refractivity contribution in [3.05, 3.63) is 21.3 Å². The Kier molecular flexibility index (Phi) is 5.25. The first kappa shape index (κ1) is 15.1. The van der Waals surface area contributed by atoms with Gasteiger partial charge in [0.1, 0.15) is 0 Å². The van der Waals surface area contributed by atoms with Crippen LogP contribution in [0.1, 0.15) is 29.4 Å². The van der Waals surface area contributed by atoms with Gasteiger partial charge in [0.25, 0.3) is 5.91 Å². The Balaban J connectivity index is 1.80. The summed E-state index contributed by atoms with van der Waals surface area (Å²) >= 11 is 7.13. The van der Waals surface area contributed by atoms with Crippen LogP contribution in [0.2, 0.25) is 5.02 Å². The fraction of sp³-hybridized carbons (Fsp3) is 0.538. The molecule has 1 aromatic rings. The smallest absolute Gasteiger partial charge is 0.409 e. The molecule has 0 aromatic carbocycles. The lowest BCUT2D eigenvalue weighted by molar-refractivity contribution is 0.0863. The van der Waals surface area contributed by atoms with Gasteiger partial charge in [-0.15, -0.1) is 11.3 Å². The minimum Gasteiger partial charge on any atom is -0.450 e. The maximum absolute atomic E-state index is 12.0. The van der Waals surface area contributed by atoms with E-state index in [-0.39, 0.29) is 18.0 Å². The zero-order valence-corrected chi connectivity index (χ0v) is 12.8. The molecule has 1 aliphatic heterocycles.